The number of nitrogens with one attached hydrogen (secondary N) is 1. The highest BCUT2D eigenvalue weighted by molar-refractivity contribution is 5.93. The normalized spacial score (nSPS) is 9.74. The molecule has 0 atom stereocenters. The Bertz CT molecular complexity index is 513. The van der Waals surface area contributed by atoms with Crippen LogP contribution in [0.15, 0.2) is 18.2 Å². The molecule has 7 heteroatoms. The molecule has 0 aliphatic rings. The third kappa shape index (κ3) is 4.66. The van der Waals surface area contributed by atoms with Gasteiger partial charge in [0.1, 0.15) is 5.75 Å². The Hall–Kier alpha value is -2.57. The van der Waals surface area contributed by atoms with Crippen molar-refractivity contribution in [3.05, 3.63) is 29.3 Å². The van der Waals surface area contributed by atoms with E-state index in [4.69, 9.17) is 15.6 Å². The molecule has 102 valence electrons. The maximum absolute atomic E-state index is 11.1. The van der Waals surface area contributed by atoms with Crippen LogP contribution in [-0.4, -0.2) is 29.6 Å². The van der Waals surface area contributed by atoms with Crippen molar-refractivity contribution in [3.8, 4) is 5.75 Å². The van der Waals surface area contributed by atoms with Crippen LogP contribution in [0.5, 0.6) is 5.75 Å². The summed E-state index contributed by atoms with van der Waals surface area (Å²) < 4.78 is 5.32. The van der Waals surface area contributed by atoms with Crippen LogP contribution >= 0.6 is 0 Å². The Morgan fingerprint density at radius 3 is 2.58 bits per heavy atom. The van der Waals surface area contributed by atoms with Gasteiger partial charge in [-0.2, -0.15) is 0 Å². The number of imide groups is 1. The highest BCUT2D eigenvalue weighted by atomic mass is 16.5. The van der Waals surface area contributed by atoms with E-state index in [1.54, 1.807) is 6.92 Å². The topological polar surface area (TPSA) is 119 Å². The van der Waals surface area contributed by atoms with Gasteiger partial charge in [-0.05, 0) is 30.7 Å². The molecule has 1 aromatic carbocycles. The molecule has 7 nitrogen and oxygen atoms in total. The van der Waals surface area contributed by atoms with E-state index in [0.29, 0.717) is 11.3 Å². The molecule has 19 heavy (non-hydrogen) atoms. The first kappa shape index (κ1) is 14.5. The predicted octanol–water partition coefficient (Wildman–Crippen LogP) is 0.657. The minimum absolute atomic E-state index is 0.0247. The summed E-state index contributed by atoms with van der Waals surface area (Å²) in [6.07, 6.45) is -0.0247. The summed E-state index contributed by atoms with van der Waals surface area (Å²) in [5, 5.41) is 10.7. The number of primary amides is 1. The van der Waals surface area contributed by atoms with Gasteiger partial charge in [-0.25, -0.2) is 9.59 Å². The molecule has 0 aromatic heterocycles. The quantitative estimate of drug-likeness (QED) is 0.723. The van der Waals surface area contributed by atoms with E-state index in [-0.39, 0.29) is 18.6 Å². The molecule has 0 saturated heterocycles. The van der Waals surface area contributed by atoms with Crippen LogP contribution < -0.4 is 15.8 Å². The minimum Gasteiger partial charge on any atom is -0.493 e. The van der Waals surface area contributed by atoms with Crippen molar-refractivity contribution in [1.29, 1.82) is 0 Å². The number of urea groups is 1. The first-order chi connectivity index (χ1) is 8.90. The Morgan fingerprint density at radius 1 is 1.37 bits per heavy atom. The number of rotatable bonds is 5. The molecule has 0 radical (unpaired) electrons. The standard InChI is InChI=1S/C12H14N2O5/c1-7-6-8(11(16)17)2-3-9(7)19-5-4-10(15)14-12(13)18/h2-3,6H,4-5H2,1H3,(H,16,17)(H3,13,14,15,18). The van der Waals surface area contributed by atoms with Crippen LogP contribution in [0.1, 0.15) is 22.3 Å². The average molecular weight is 266 g/mol. The lowest BCUT2D eigenvalue weighted by atomic mass is 10.1. The molecule has 1 rings (SSSR count). The summed E-state index contributed by atoms with van der Waals surface area (Å²) in [4.78, 5) is 32.2. The van der Waals surface area contributed by atoms with Crippen molar-refractivity contribution < 1.29 is 24.2 Å². The zero-order chi connectivity index (χ0) is 14.4. The fourth-order valence-electron chi connectivity index (χ4n) is 1.40. The number of ether oxygens (including phenoxy) is 1. The highest BCUT2D eigenvalue weighted by Crippen LogP contribution is 2.19. The van der Waals surface area contributed by atoms with Crippen LogP contribution in [0.4, 0.5) is 4.79 Å². The monoisotopic (exact) mass is 266 g/mol. The summed E-state index contributed by atoms with van der Waals surface area (Å²) in [5.41, 5.74) is 5.59. The third-order valence-corrected chi connectivity index (χ3v) is 2.27. The van der Waals surface area contributed by atoms with Gasteiger partial charge in [-0.15, -0.1) is 0 Å². The van der Waals surface area contributed by atoms with Gasteiger partial charge in [-0.1, -0.05) is 0 Å². The highest BCUT2D eigenvalue weighted by Gasteiger charge is 2.08. The summed E-state index contributed by atoms with van der Waals surface area (Å²) in [6, 6.07) is 3.49. The molecular weight excluding hydrogens is 252 g/mol. The van der Waals surface area contributed by atoms with E-state index in [1.165, 1.54) is 18.2 Å². The molecule has 0 unspecified atom stereocenters. The van der Waals surface area contributed by atoms with Crippen LogP contribution in [0.25, 0.3) is 0 Å². The number of hydrogen-bond donors (Lipinski definition) is 3. The van der Waals surface area contributed by atoms with E-state index in [2.05, 4.69) is 0 Å². The van der Waals surface area contributed by atoms with Crippen LogP contribution in [0.3, 0.4) is 0 Å². The second-order valence-corrected chi connectivity index (χ2v) is 3.80. The van der Waals surface area contributed by atoms with E-state index >= 15 is 0 Å². The van der Waals surface area contributed by atoms with Crippen molar-refractivity contribution in [2.45, 2.75) is 13.3 Å². The number of aryl methyl sites for hydroxylation is 1. The van der Waals surface area contributed by atoms with Gasteiger partial charge in [0, 0.05) is 0 Å². The fourth-order valence-corrected chi connectivity index (χ4v) is 1.40. The lowest BCUT2D eigenvalue weighted by molar-refractivity contribution is -0.120. The van der Waals surface area contributed by atoms with Crippen molar-refractivity contribution in [3.63, 3.8) is 0 Å². The SMILES string of the molecule is Cc1cc(C(=O)O)ccc1OCCC(=O)NC(N)=O. The Balaban J connectivity index is 2.52. The number of carbonyl (C=O) groups is 3. The number of benzene rings is 1. The summed E-state index contributed by atoms with van der Waals surface area (Å²) in [7, 11) is 0. The Morgan fingerprint density at radius 2 is 2.05 bits per heavy atom. The molecule has 0 spiro atoms. The smallest absolute Gasteiger partial charge is 0.335 e. The van der Waals surface area contributed by atoms with Gasteiger partial charge in [0.2, 0.25) is 5.91 Å². The Labute approximate surface area is 109 Å². The van der Waals surface area contributed by atoms with Crippen molar-refractivity contribution >= 4 is 17.9 Å². The number of amides is 3. The van der Waals surface area contributed by atoms with E-state index < -0.39 is 17.9 Å². The molecular formula is C12H14N2O5. The van der Waals surface area contributed by atoms with Gasteiger partial charge in [0.05, 0.1) is 18.6 Å². The second kappa shape index (κ2) is 6.39. The lowest BCUT2D eigenvalue weighted by Gasteiger charge is -2.09. The van der Waals surface area contributed by atoms with E-state index in [9.17, 15) is 14.4 Å². The number of carbonyl (C=O) groups excluding carboxylic acids is 2. The van der Waals surface area contributed by atoms with Gasteiger partial charge in [0.15, 0.2) is 0 Å². The van der Waals surface area contributed by atoms with Crippen LogP contribution in [0, 0.1) is 6.92 Å². The molecule has 0 saturated carbocycles. The average Bonchev–Trinajstić information content (AvgIpc) is 2.29. The third-order valence-electron chi connectivity index (χ3n) is 2.27. The minimum atomic E-state index is -1.02. The molecule has 1 aromatic rings. The molecule has 0 bridgehead atoms. The van der Waals surface area contributed by atoms with Gasteiger partial charge in [0.25, 0.3) is 0 Å². The molecule has 3 amide bonds. The first-order valence-electron chi connectivity index (χ1n) is 5.46. The van der Waals surface area contributed by atoms with Crippen molar-refractivity contribution in [2.75, 3.05) is 6.61 Å². The molecule has 0 heterocycles. The molecule has 0 aliphatic carbocycles. The number of aromatic carboxylic acids is 1. The maximum Gasteiger partial charge on any atom is 0.335 e. The van der Waals surface area contributed by atoms with Crippen molar-refractivity contribution in [1.82, 2.24) is 5.32 Å². The zero-order valence-corrected chi connectivity index (χ0v) is 10.3. The van der Waals surface area contributed by atoms with Crippen molar-refractivity contribution in [2.24, 2.45) is 5.73 Å². The Kier molecular flexibility index (Phi) is 4.87. The molecule has 0 aliphatic heterocycles. The first-order valence-corrected chi connectivity index (χ1v) is 5.46. The fraction of sp³-hybridized carbons (Fsp3) is 0.250. The van der Waals surface area contributed by atoms with E-state index in [1.807, 2.05) is 5.32 Å². The maximum atomic E-state index is 11.1. The van der Waals surface area contributed by atoms with Gasteiger partial charge >= 0.3 is 12.0 Å². The summed E-state index contributed by atoms with van der Waals surface area (Å²) >= 11 is 0. The summed E-state index contributed by atoms with van der Waals surface area (Å²) in [6.45, 7) is 1.76. The summed E-state index contributed by atoms with van der Waals surface area (Å²) in [5.74, 6) is -1.07. The zero-order valence-electron chi connectivity index (χ0n) is 10.3. The molecule has 0 fully saturated rings. The second-order valence-electron chi connectivity index (χ2n) is 3.80. The predicted molar refractivity (Wildman–Crippen MR) is 66.0 cm³/mol. The van der Waals surface area contributed by atoms with Crippen LogP contribution in [0.2, 0.25) is 0 Å². The number of carboxylic acid groups (broad SMARTS) is 1. The molecule has 4 N–H and O–H groups in total. The van der Waals surface area contributed by atoms with Crippen LogP contribution in [-0.2, 0) is 4.79 Å². The van der Waals surface area contributed by atoms with Gasteiger partial charge < -0.3 is 15.6 Å². The number of hydrogen-bond acceptors (Lipinski definition) is 4. The lowest BCUT2D eigenvalue weighted by Crippen LogP contribution is -2.35. The number of carboxylic acids is 1. The van der Waals surface area contributed by atoms with E-state index in [0.717, 1.165) is 0 Å². The van der Waals surface area contributed by atoms with Gasteiger partial charge in [-0.3, -0.25) is 10.1 Å². The largest absolute Gasteiger partial charge is 0.493 e. The number of nitrogens with two attached hydrogens (primary N) is 1.